The van der Waals surface area contributed by atoms with Gasteiger partial charge in [0, 0.05) is 23.3 Å². The van der Waals surface area contributed by atoms with Gasteiger partial charge in [-0.2, -0.15) is 5.26 Å². The standard InChI is InChI=1S/C28H30BClFN7/c1-16(27(2,3)4)34-25-17(13-32)14-33-26-22(25)11-20(12-23(26)30)35-28(29,18-5-7-19(31)8-6-18)24-15-38(37-36-24)21-9-10-21/h5-8,11-12,14-16,21,35H,9-10,29H2,1-4H3,(H,33,34)/t16-,28?/m0/s1. The van der Waals surface area contributed by atoms with Crippen molar-refractivity contribution in [1.29, 1.82) is 5.26 Å². The molecule has 1 fully saturated rings. The molecule has 0 radical (unpaired) electrons. The van der Waals surface area contributed by atoms with E-state index in [2.05, 4.69) is 59.7 Å². The van der Waals surface area contributed by atoms with Gasteiger partial charge in [-0.05, 0) is 55.0 Å². The summed E-state index contributed by atoms with van der Waals surface area (Å²) in [6.45, 7) is 8.51. The van der Waals surface area contributed by atoms with Crippen LogP contribution in [0.5, 0.6) is 0 Å². The first-order chi connectivity index (χ1) is 18.0. The average Bonchev–Trinajstić information content (AvgIpc) is 3.59. The lowest BCUT2D eigenvalue weighted by atomic mass is 9.69. The van der Waals surface area contributed by atoms with E-state index in [-0.39, 0.29) is 17.3 Å². The largest absolute Gasteiger partial charge is 0.380 e. The van der Waals surface area contributed by atoms with Crippen molar-refractivity contribution < 1.29 is 4.39 Å². The molecule has 5 rings (SSSR count). The Morgan fingerprint density at radius 2 is 1.92 bits per heavy atom. The summed E-state index contributed by atoms with van der Waals surface area (Å²) in [7, 11) is 1.99. The number of benzene rings is 2. The number of nitrogens with one attached hydrogen (secondary N) is 2. The highest BCUT2D eigenvalue weighted by molar-refractivity contribution is 6.36. The quantitative estimate of drug-likeness (QED) is 0.302. The van der Waals surface area contributed by atoms with E-state index < -0.39 is 5.44 Å². The SMILES string of the molecule is BC(Nc1cc(Cl)c2ncc(C#N)c(N[C@@H](C)C(C)(C)C)c2c1)(c1ccc(F)cc1)c1cn(C2CC2)nn1. The van der Waals surface area contributed by atoms with Crippen LogP contribution < -0.4 is 10.6 Å². The predicted octanol–water partition coefficient (Wildman–Crippen LogP) is 5.62. The molecule has 1 aliphatic carbocycles. The van der Waals surface area contributed by atoms with Crippen LogP contribution in [0, 0.1) is 22.6 Å². The Morgan fingerprint density at radius 3 is 2.55 bits per heavy atom. The highest BCUT2D eigenvalue weighted by Crippen LogP contribution is 2.39. The minimum atomic E-state index is -0.843. The molecule has 1 saturated carbocycles. The third-order valence-electron chi connectivity index (χ3n) is 7.46. The Labute approximate surface area is 227 Å². The van der Waals surface area contributed by atoms with E-state index in [0.29, 0.717) is 39.2 Å². The van der Waals surface area contributed by atoms with Crippen LogP contribution in [0.4, 0.5) is 15.8 Å². The van der Waals surface area contributed by atoms with Gasteiger partial charge in [-0.3, -0.25) is 4.98 Å². The average molecular weight is 530 g/mol. The van der Waals surface area contributed by atoms with Crippen LogP contribution in [-0.2, 0) is 5.44 Å². The van der Waals surface area contributed by atoms with Gasteiger partial charge in [0.15, 0.2) is 0 Å². The summed E-state index contributed by atoms with van der Waals surface area (Å²) in [6.07, 6.45) is 5.67. The maximum atomic E-state index is 13.8. The van der Waals surface area contributed by atoms with E-state index in [9.17, 15) is 9.65 Å². The van der Waals surface area contributed by atoms with Crippen molar-refractivity contribution >= 4 is 41.7 Å². The summed E-state index contributed by atoms with van der Waals surface area (Å²) in [4.78, 5) is 4.49. The molecule has 10 heteroatoms. The zero-order valence-electron chi connectivity index (χ0n) is 22.2. The number of nitrogens with zero attached hydrogens (tertiary/aromatic N) is 5. The highest BCUT2D eigenvalue weighted by atomic mass is 35.5. The molecule has 38 heavy (non-hydrogen) atoms. The van der Waals surface area contributed by atoms with Crippen LogP contribution in [0.15, 0.2) is 48.8 Å². The third kappa shape index (κ3) is 4.93. The molecule has 1 aliphatic rings. The van der Waals surface area contributed by atoms with Crippen LogP contribution >= 0.6 is 11.6 Å². The molecule has 2 atom stereocenters. The summed E-state index contributed by atoms with van der Waals surface area (Å²) in [5.41, 5.74) is 3.07. The molecule has 2 aromatic carbocycles. The Balaban J connectivity index is 1.63. The summed E-state index contributed by atoms with van der Waals surface area (Å²) >= 11 is 6.76. The Morgan fingerprint density at radius 1 is 1.21 bits per heavy atom. The van der Waals surface area contributed by atoms with Crippen molar-refractivity contribution in [2.75, 3.05) is 10.6 Å². The van der Waals surface area contributed by atoms with Crippen LogP contribution in [0.3, 0.4) is 0 Å². The second-order valence-electron chi connectivity index (χ2n) is 11.3. The van der Waals surface area contributed by atoms with Gasteiger partial charge >= 0.3 is 0 Å². The Kier molecular flexibility index (Phi) is 6.56. The number of aromatic nitrogens is 4. The molecule has 4 aromatic rings. The fourth-order valence-electron chi connectivity index (χ4n) is 4.38. The van der Waals surface area contributed by atoms with E-state index >= 15 is 0 Å². The molecule has 2 heterocycles. The van der Waals surface area contributed by atoms with E-state index in [0.717, 1.165) is 23.8 Å². The number of hydrogen-bond acceptors (Lipinski definition) is 6. The molecular weight excluding hydrogens is 500 g/mol. The molecule has 0 bridgehead atoms. The fourth-order valence-corrected chi connectivity index (χ4v) is 4.65. The van der Waals surface area contributed by atoms with Gasteiger partial charge in [-0.1, -0.05) is 49.7 Å². The molecule has 2 N–H and O–H groups in total. The van der Waals surface area contributed by atoms with E-state index in [1.54, 1.807) is 18.3 Å². The summed E-state index contributed by atoms with van der Waals surface area (Å²) in [5.74, 6) is -0.315. The highest BCUT2D eigenvalue weighted by Gasteiger charge is 2.34. The number of pyridine rings is 1. The lowest BCUT2D eigenvalue weighted by Crippen LogP contribution is -2.37. The summed E-state index contributed by atoms with van der Waals surface area (Å²) in [5, 5.41) is 27.0. The molecule has 0 aliphatic heterocycles. The van der Waals surface area contributed by atoms with Gasteiger partial charge < -0.3 is 10.6 Å². The van der Waals surface area contributed by atoms with E-state index in [1.165, 1.54) is 12.1 Å². The van der Waals surface area contributed by atoms with Gasteiger partial charge in [0.05, 0.1) is 39.5 Å². The number of anilines is 2. The molecule has 0 spiro atoms. The molecule has 7 nitrogen and oxygen atoms in total. The fraction of sp³-hybridized carbons (Fsp3) is 0.357. The predicted molar refractivity (Wildman–Crippen MR) is 152 cm³/mol. The number of nitriles is 1. The maximum absolute atomic E-state index is 13.8. The van der Waals surface area contributed by atoms with Gasteiger partial charge in [0.2, 0.25) is 0 Å². The molecule has 1 unspecified atom stereocenters. The van der Waals surface area contributed by atoms with Crippen molar-refractivity contribution in [3.8, 4) is 6.07 Å². The van der Waals surface area contributed by atoms with Crippen LogP contribution in [0.1, 0.15) is 63.4 Å². The minimum Gasteiger partial charge on any atom is -0.380 e. The zero-order chi connectivity index (χ0) is 27.2. The monoisotopic (exact) mass is 529 g/mol. The lowest BCUT2D eigenvalue weighted by molar-refractivity contribution is 0.359. The van der Waals surface area contributed by atoms with Crippen LogP contribution in [0.2, 0.25) is 5.02 Å². The molecule has 194 valence electrons. The second kappa shape index (κ2) is 9.59. The number of hydrogen-bond donors (Lipinski definition) is 2. The summed E-state index contributed by atoms with van der Waals surface area (Å²) in [6, 6.07) is 12.8. The third-order valence-corrected chi connectivity index (χ3v) is 7.75. The van der Waals surface area contributed by atoms with Crippen molar-refractivity contribution in [2.45, 2.75) is 58.1 Å². The van der Waals surface area contributed by atoms with Gasteiger partial charge in [-0.25, -0.2) is 9.07 Å². The maximum Gasteiger partial charge on any atom is 0.148 e. The molecule has 0 amide bonds. The first-order valence-corrected chi connectivity index (χ1v) is 13.1. The van der Waals surface area contributed by atoms with E-state index in [4.69, 9.17) is 11.6 Å². The van der Waals surface area contributed by atoms with Crippen molar-refractivity contribution in [2.24, 2.45) is 5.41 Å². The Hall–Kier alpha value is -3.64. The number of rotatable bonds is 7. The summed E-state index contributed by atoms with van der Waals surface area (Å²) < 4.78 is 15.7. The Bertz CT molecular complexity index is 1540. The molecular formula is C28H30BClFN7. The minimum absolute atomic E-state index is 0.0451. The zero-order valence-corrected chi connectivity index (χ0v) is 22.9. The molecule has 2 aromatic heterocycles. The molecule has 0 saturated heterocycles. The van der Waals surface area contributed by atoms with Gasteiger partial charge in [-0.15, -0.1) is 5.10 Å². The second-order valence-corrected chi connectivity index (χ2v) is 11.7. The van der Waals surface area contributed by atoms with Crippen LogP contribution in [0.25, 0.3) is 10.9 Å². The van der Waals surface area contributed by atoms with Crippen molar-refractivity contribution in [1.82, 2.24) is 20.0 Å². The first kappa shape index (κ1) is 26.0. The number of halogens is 2. The topological polar surface area (TPSA) is 91.5 Å². The first-order valence-electron chi connectivity index (χ1n) is 12.7. The van der Waals surface area contributed by atoms with Gasteiger partial charge in [0.25, 0.3) is 0 Å². The van der Waals surface area contributed by atoms with Gasteiger partial charge in [0.1, 0.15) is 25.4 Å². The van der Waals surface area contributed by atoms with E-state index in [1.807, 2.05) is 30.9 Å². The van der Waals surface area contributed by atoms with Crippen LogP contribution in [-0.4, -0.2) is 33.9 Å². The van der Waals surface area contributed by atoms with Crippen molar-refractivity contribution in [3.05, 3.63) is 76.5 Å². The van der Waals surface area contributed by atoms with Crippen molar-refractivity contribution in [3.63, 3.8) is 0 Å². The number of fused-ring (bicyclic) bond motifs is 1. The lowest BCUT2D eigenvalue weighted by Gasteiger charge is -2.32. The smallest absolute Gasteiger partial charge is 0.148 e. The normalized spacial score (nSPS) is 16.0.